The second-order valence-corrected chi connectivity index (χ2v) is 6.16. The van der Waals surface area contributed by atoms with E-state index in [1.54, 1.807) is 24.9 Å². The van der Waals surface area contributed by atoms with E-state index < -0.39 is 0 Å². The molecule has 1 fully saturated rings. The maximum Gasteiger partial charge on any atom is 0.186 e. The molecule has 7 nitrogen and oxygen atoms in total. The van der Waals surface area contributed by atoms with E-state index in [-0.39, 0.29) is 24.2 Å². The third-order valence-corrected chi connectivity index (χ3v) is 4.33. The molecule has 0 unspecified atom stereocenters. The lowest BCUT2D eigenvalue weighted by atomic mass is 10.0. The number of aliphatic hydroxyl groups is 1. The zero-order valence-electron chi connectivity index (χ0n) is 13.5. The lowest BCUT2D eigenvalue weighted by Gasteiger charge is -2.03. The van der Waals surface area contributed by atoms with E-state index in [0.717, 1.165) is 36.3 Å². The lowest BCUT2D eigenvalue weighted by molar-refractivity contribution is 0.0983. The zero-order valence-corrected chi connectivity index (χ0v) is 13.5. The molecule has 0 bridgehead atoms. The molecule has 1 saturated carbocycles. The highest BCUT2D eigenvalue weighted by Gasteiger charge is 2.26. The van der Waals surface area contributed by atoms with Crippen LogP contribution in [0.2, 0.25) is 0 Å². The molecule has 124 valence electrons. The number of aliphatic hydroxyl groups excluding tert-OH is 1. The molecule has 0 aliphatic heterocycles. The molecule has 23 heavy (non-hydrogen) atoms. The third-order valence-electron chi connectivity index (χ3n) is 4.33. The summed E-state index contributed by atoms with van der Waals surface area (Å²) in [6.07, 6.45) is 2.55. The highest BCUT2D eigenvalue weighted by molar-refractivity contribution is 5.95. The van der Waals surface area contributed by atoms with Crippen molar-refractivity contribution in [3.63, 3.8) is 0 Å². The number of nitrogens with zero attached hydrogens (tertiary/aromatic N) is 3. The van der Waals surface area contributed by atoms with Gasteiger partial charge < -0.3 is 9.84 Å². The Bertz CT molecular complexity index is 691. The van der Waals surface area contributed by atoms with Crippen molar-refractivity contribution in [2.45, 2.75) is 44.3 Å². The van der Waals surface area contributed by atoms with Crippen molar-refractivity contribution in [3.8, 4) is 0 Å². The van der Waals surface area contributed by atoms with Gasteiger partial charge in [0.1, 0.15) is 5.69 Å². The van der Waals surface area contributed by atoms with Crippen LogP contribution in [0.3, 0.4) is 0 Å². The molecule has 7 heteroatoms. The van der Waals surface area contributed by atoms with E-state index in [4.69, 9.17) is 4.74 Å². The standard InChI is InChI=1S/C16H22N4O3/c1-20-15(7-12(19-20)9-23-2)16(22)8-11-6-14(18-17-11)10-3-4-13(21)5-10/h6-7,10,13,21H,3-5,8-9H2,1-2H3,(H,17,18)/t10-,13+/m0/s1. The second-order valence-electron chi connectivity index (χ2n) is 6.16. The summed E-state index contributed by atoms with van der Waals surface area (Å²) in [6.45, 7) is 0.388. The van der Waals surface area contributed by atoms with Gasteiger partial charge in [0.15, 0.2) is 5.78 Å². The number of aromatic nitrogens is 4. The van der Waals surface area contributed by atoms with Crippen molar-refractivity contribution in [1.82, 2.24) is 20.0 Å². The summed E-state index contributed by atoms with van der Waals surface area (Å²) in [5.74, 6) is 0.277. The number of ether oxygens (including phenoxy) is 1. The zero-order chi connectivity index (χ0) is 16.4. The van der Waals surface area contributed by atoms with Gasteiger partial charge in [-0.05, 0) is 31.4 Å². The van der Waals surface area contributed by atoms with Gasteiger partial charge in [-0.1, -0.05) is 0 Å². The van der Waals surface area contributed by atoms with Gasteiger partial charge in [0.25, 0.3) is 0 Å². The molecule has 2 aromatic heterocycles. The average Bonchev–Trinajstić information content (AvgIpc) is 3.20. The number of aryl methyl sites for hydroxylation is 1. The van der Waals surface area contributed by atoms with Crippen LogP contribution in [0, 0.1) is 0 Å². The monoisotopic (exact) mass is 318 g/mol. The van der Waals surface area contributed by atoms with E-state index in [1.807, 2.05) is 6.07 Å². The highest BCUT2D eigenvalue weighted by Crippen LogP contribution is 2.33. The summed E-state index contributed by atoms with van der Waals surface area (Å²) >= 11 is 0. The largest absolute Gasteiger partial charge is 0.393 e. The van der Waals surface area contributed by atoms with Crippen LogP contribution >= 0.6 is 0 Å². The first-order chi connectivity index (χ1) is 11.1. The Morgan fingerprint density at radius 3 is 3.00 bits per heavy atom. The van der Waals surface area contributed by atoms with Crippen LogP contribution in [0.15, 0.2) is 12.1 Å². The first-order valence-corrected chi connectivity index (χ1v) is 7.84. The van der Waals surface area contributed by atoms with E-state index in [1.165, 1.54) is 0 Å². The minimum Gasteiger partial charge on any atom is -0.393 e. The Labute approximate surface area is 134 Å². The van der Waals surface area contributed by atoms with E-state index in [0.29, 0.717) is 12.3 Å². The van der Waals surface area contributed by atoms with Crippen LogP contribution in [0.1, 0.15) is 52.8 Å². The summed E-state index contributed by atoms with van der Waals surface area (Å²) in [5, 5.41) is 21.1. The van der Waals surface area contributed by atoms with Crippen LogP contribution in [-0.4, -0.2) is 44.1 Å². The molecule has 1 aliphatic carbocycles. The summed E-state index contributed by atoms with van der Waals surface area (Å²) in [6, 6.07) is 3.70. The molecule has 0 aromatic carbocycles. The number of methoxy groups -OCH3 is 1. The summed E-state index contributed by atoms with van der Waals surface area (Å²) in [5.41, 5.74) is 3.03. The Kier molecular flexibility index (Phi) is 4.58. The van der Waals surface area contributed by atoms with Crippen molar-refractivity contribution >= 4 is 5.78 Å². The number of aromatic amines is 1. The van der Waals surface area contributed by atoms with E-state index in [2.05, 4.69) is 15.3 Å². The third kappa shape index (κ3) is 3.51. The molecule has 1 aliphatic rings. The summed E-state index contributed by atoms with van der Waals surface area (Å²) < 4.78 is 6.62. The van der Waals surface area contributed by atoms with Crippen molar-refractivity contribution in [3.05, 3.63) is 34.9 Å². The predicted molar refractivity (Wildman–Crippen MR) is 83.1 cm³/mol. The van der Waals surface area contributed by atoms with Gasteiger partial charge in [-0.25, -0.2) is 0 Å². The molecular weight excluding hydrogens is 296 g/mol. The molecule has 0 saturated heterocycles. The summed E-state index contributed by atoms with van der Waals surface area (Å²) in [4.78, 5) is 12.4. The first kappa shape index (κ1) is 15.9. The van der Waals surface area contributed by atoms with Crippen LogP contribution < -0.4 is 0 Å². The quantitative estimate of drug-likeness (QED) is 0.784. The molecule has 0 spiro atoms. The van der Waals surface area contributed by atoms with Gasteiger partial charge in [0, 0.05) is 25.8 Å². The van der Waals surface area contributed by atoms with Crippen LogP contribution in [0.5, 0.6) is 0 Å². The number of hydrogen-bond donors (Lipinski definition) is 2. The number of nitrogens with one attached hydrogen (secondary N) is 1. The molecule has 2 aromatic rings. The Balaban J connectivity index is 1.67. The molecule has 0 amide bonds. The van der Waals surface area contributed by atoms with Gasteiger partial charge in [0.05, 0.1) is 30.5 Å². The van der Waals surface area contributed by atoms with Crippen molar-refractivity contribution < 1.29 is 14.6 Å². The molecule has 3 rings (SSSR count). The minimum absolute atomic E-state index is 0.0102. The SMILES string of the molecule is COCc1cc(C(=O)Cc2cc([C@H]3CC[C@@H](O)C3)n[nH]2)n(C)n1. The maximum absolute atomic E-state index is 12.4. The molecule has 2 heterocycles. The molecular formula is C16H22N4O3. The number of H-pyrrole nitrogens is 1. The van der Waals surface area contributed by atoms with Gasteiger partial charge in [-0.2, -0.15) is 10.2 Å². The normalized spacial score (nSPS) is 21.0. The average molecular weight is 318 g/mol. The van der Waals surface area contributed by atoms with Crippen LogP contribution in [0.4, 0.5) is 0 Å². The molecule has 2 atom stereocenters. The fourth-order valence-electron chi connectivity index (χ4n) is 3.17. The van der Waals surface area contributed by atoms with Crippen LogP contribution in [-0.2, 0) is 24.8 Å². The Hall–Kier alpha value is -1.99. The smallest absolute Gasteiger partial charge is 0.186 e. The highest BCUT2D eigenvalue weighted by atomic mass is 16.5. The second kappa shape index (κ2) is 6.64. The lowest BCUT2D eigenvalue weighted by Crippen LogP contribution is -2.09. The Morgan fingerprint density at radius 2 is 2.30 bits per heavy atom. The fraction of sp³-hybridized carbons (Fsp3) is 0.562. The van der Waals surface area contributed by atoms with Gasteiger partial charge >= 0.3 is 0 Å². The van der Waals surface area contributed by atoms with Gasteiger partial charge in [-0.3, -0.25) is 14.6 Å². The number of carbonyl (C=O) groups is 1. The van der Waals surface area contributed by atoms with Crippen molar-refractivity contribution in [1.29, 1.82) is 0 Å². The Morgan fingerprint density at radius 1 is 1.48 bits per heavy atom. The van der Waals surface area contributed by atoms with Gasteiger partial charge in [0.2, 0.25) is 0 Å². The molecule has 0 radical (unpaired) electrons. The van der Waals surface area contributed by atoms with E-state index >= 15 is 0 Å². The number of ketones is 1. The maximum atomic E-state index is 12.4. The number of hydrogen-bond acceptors (Lipinski definition) is 5. The number of rotatable bonds is 6. The fourth-order valence-corrected chi connectivity index (χ4v) is 3.17. The van der Waals surface area contributed by atoms with E-state index in [9.17, 15) is 9.90 Å². The predicted octanol–water partition coefficient (Wildman–Crippen LogP) is 1.34. The molecule has 2 N–H and O–H groups in total. The summed E-state index contributed by atoms with van der Waals surface area (Å²) in [7, 11) is 3.35. The van der Waals surface area contributed by atoms with Crippen LogP contribution in [0.25, 0.3) is 0 Å². The van der Waals surface area contributed by atoms with Gasteiger partial charge in [-0.15, -0.1) is 0 Å². The number of Topliss-reactive ketones (excluding diaryl/α,β-unsaturated/α-hetero) is 1. The number of carbonyl (C=O) groups excluding carboxylic acids is 1. The topological polar surface area (TPSA) is 93.0 Å². The first-order valence-electron chi connectivity index (χ1n) is 7.84. The van der Waals surface area contributed by atoms with Crippen molar-refractivity contribution in [2.24, 2.45) is 7.05 Å². The van der Waals surface area contributed by atoms with Crippen molar-refractivity contribution in [2.75, 3.05) is 7.11 Å². The minimum atomic E-state index is -0.226.